The second-order valence-corrected chi connectivity index (χ2v) is 4.67. The van der Waals surface area contributed by atoms with Gasteiger partial charge in [-0.15, -0.1) is 0 Å². The minimum absolute atomic E-state index is 0.0238. The Morgan fingerprint density at radius 1 is 1.47 bits per heavy atom. The van der Waals surface area contributed by atoms with Gasteiger partial charge in [-0.2, -0.15) is 0 Å². The van der Waals surface area contributed by atoms with Crippen molar-refractivity contribution in [1.82, 2.24) is 10.2 Å². The van der Waals surface area contributed by atoms with Gasteiger partial charge in [0.25, 0.3) is 0 Å². The normalized spacial score (nSPS) is 11.4. The molecule has 0 fully saturated rings. The van der Waals surface area contributed by atoms with Gasteiger partial charge in [0.05, 0.1) is 5.54 Å². The zero-order chi connectivity index (χ0) is 13.1. The Hall–Kier alpha value is -1.42. The van der Waals surface area contributed by atoms with E-state index in [0.717, 1.165) is 5.56 Å². The quantitative estimate of drug-likeness (QED) is 0.867. The second kappa shape index (κ2) is 5.27. The van der Waals surface area contributed by atoms with Crippen molar-refractivity contribution in [1.29, 1.82) is 0 Å². The van der Waals surface area contributed by atoms with E-state index in [1.807, 2.05) is 13.8 Å². The van der Waals surface area contributed by atoms with E-state index < -0.39 is 5.54 Å². The molecule has 1 aromatic carbocycles. The fraction of sp³-hybridized carbons (Fsp3) is 0.462. The number of benzene rings is 1. The molecule has 17 heavy (non-hydrogen) atoms. The highest BCUT2D eigenvalue weighted by Crippen LogP contribution is 2.11. The Bertz CT molecular complexity index is 404. The number of halogens is 1. The molecular weight excluding hydrogens is 219 g/mol. The maximum absolute atomic E-state index is 13.0. The first-order valence-corrected chi connectivity index (χ1v) is 5.56. The zero-order valence-corrected chi connectivity index (χ0v) is 10.7. The lowest BCUT2D eigenvalue weighted by atomic mass is 10.0. The highest BCUT2D eigenvalue weighted by Gasteiger charge is 2.28. The van der Waals surface area contributed by atoms with E-state index in [4.69, 9.17) is 0 Å². The average Bonchev–Trinajstić information content (AvgIpc) is 2.28. The Morgan fingerprint density at radius 2 is 2.12 bits per heavy atom. The van der Waals surface area contributed by atoms with Crippen molar-refractivity contribution in [2.24, 2.45) is 0 Å². The molecule has 1 N–H and O–H groups in total. The van der Waals surface area contributed by atoms with Gasteiger partial charge >= 0.3 is 0 Å². The lowest BCUT2D eigenvalue weighted by Gasteiger charge is -2.29. The Kier molecular flexibility index (Phi) is 4.23. The van der Waals surface area contributed by atoms with Crippen molar-refractivity contribution in [3.63, 3.8) is 0 Å². The van der Waals surface area contributed by atoms with Crippen molar-refractivity contribution in [3.05, 3.63) is 35.6 Å². The van der Waals surface area contributed by atoms with Crippen LogP contribution in [0.1, 0.15) is 19.4 Å². The third-order valence-corrected chi connectivity index (χ3v) is 2.82. The van der Waals surface area contributed by atoms with E-state index in [9.17, 15) is 9.18 Å². The molecule has 0 aliphatic rings. The first-order valence-electron chi connectivity index (χ1n) is 5.56. The predicted octanol–water partition coefficient (Wildman–Crippen LogP) is 1.78. The fourth-order valence-corrected chi connectivity index (χ4v) is 1.57. The van der Waals surface area contributed by atoms with Crippen LogP contribution in [0.2, 0.25) is 0 Å². The molecule has 0 aliphatic heterocycles. The van der Waals surface area contributed by atoms with Crippen molar-refractivity contribution in [2.45, 2.75) is 25.9 Å². The molecule has 0 bridgehead atoms. The summed E-state index contributed by atoms with van der Waals surface area (Å²) in [5.74, 6) is -0.305. The van der Waals surface area contributed by atoms with Gasteiger partial charge < -0.3 is 10.2 Å². The van der Waals surface area contributed by atoms with E-state index in [-0.39, 0.29) is 11.7 Å². The second-order valence-electron chi connectivity index (χ2n) is 4.67. The third-order valence-electron chi connectivity index (χ3n) is 2.82. The standard InChI is InChI=1S/C13H19FN2O/c1-13(2,15-3)12(17)16(4)9-10-6-5-7-11(14)8-10/h5-8,15H,9H2,1-4H3. The number of hydrogen-bond acceptors (Lipinski definition) is 2. The average molecular weight is 238 g/mol. The van der Waals surface area contributed by atoms with Gasteiger partial charge in [-0.3, -0.25) is 4.79 Å². The highest BCUT2D eigenvalue weighted by molar-refractivity contribution is 5.85. The Labute approximate surface area is 102 Å². The van der Waals surface area contributed by atoms with Crippen molar-refractivity contribution in [2.75, 3.05) is 14.1 Å². The van der Waals surface area contributed by atoms with E-state index >= 15 is 0 Å². The monoisotopic (exact) mass is 238 g/mol. The van der Waals surface area contributed by atoms with E-state index in [1.54, 1.807) is 31.1 Å². The van der Waals surface area contributed by atoms with Crippen LogP contribution < -0.4 is 5.32 Å². The molecule has 0 atom stereocenters. The molecule has 1 amide bonds. The summed E-state index contributed by atoms with van der Waals surface area (Å²) in [6, 6.07) is 6.28. The predicted molar refractivity (Wildman–Crippen MR) is 66.0 cm³/mol. The molecule has 4 heteroatoms. The molecule has 0 unspecified atom stereocenters. The van der Waals surface area contributed by atoms with Gasteiger partial charge in [-0.25, -0.2) is 4.39 Å². The van der Waals surface area contributed by atoms with Crippen molar-refractivity contribution in [3.8, 4) is 0 Å². The smallest absolute Gasteiger partial charge is 0.242 e. The van der Waals surface area contributed by atoms with Crippen LogP contribution in [0.25, 0.3) is 0 Å². The first kappa shape index (κ1) is 13.6. The molecule has 0 saturated heterocycles. The molecule has 1 aromatic rings. The van der Waals surface area contributed by atoms with Crippen LogP contribution in [-0.4, -0.2) is 30.4 Å². The first-order chi connectivity index (χ1) is 7.86. The summed E-state index contributed by atoms with van der Waals surface area (Å²) in [4.78, 5) is 13.6. The maximum Gasteiger partial charge on any atom is 0.242 e. The molecule has 0 heterocycles. The number of nitrogens with zero attached hydrogens (tertiary/aromatic N) is 1. The summed E-state index contributed by atoms with van der Waals surface area (Å²) >= 11 is 0. The lowest BCUT2D eigenvalue weighted by Crippen LogP contribution is -2.51. The third kappa shape index (κ3) is 3.53. The fourth-order valence-electron chi connectivity index (χ4n) is 1.57. The van der Waals surface area contributed by atoms with E-state index in [0.29, 0.717) is 6.54 Å². The number of rotatable bonds is 4. The number of amides is 1. The van der Waals surface area contributed by atoms with Crippen LogP contribution in [0.4, 0.5) is 4.39 Å². The lowest BCUT2D eigenvalue weighted by molar-refractivity contribution is -0.136. The summed E-state index contributed by atoms with van der Waals surface area (Å²) in [5, 5.41) is 2.95. The van der Waals surface area contributed by atoms with Gasteiger partial charge in [0, 0.05) is 13.6 Å². The molecule has 0 aliphatic carbocycles. The molecule has 3 nitrogen and oxygen atoms in total. The van der Waals surface area contributed by atoms with Crippen LogP contribution in [0.3, 0.4) is 0 Å². The Morgan fingerprint density at radius 3 is 2.65 bits per heavy atom. The van der Waals surface area contributed by atoms with Crippen molar-refractivity contribution < 1.29 is 9.18 Å². The largest absolute Gasteiger partial charge is 0.340 e. The minimum Gasteiger partial charge on any atom is -0.340 e. The van der Waals surface area contributed by atoms with Gasteiger partial charge in [-0.1, -0.05) is 12.1 Å². The molecule has 0 spiro atoms. The zero-order valence-electron chi connectivity index (χ0n) is 10.7. The highest BCUT2D eigenvalue weighted by atomic mass is 19.1. The summed E-state index contributed by atoms with van der Waals surface area (Å²) < 4.78 is 13.0. The summed E-state index contributed by atoms with van der Waals surface area (Å²) in [6.45, 7) is 4.04. The molecule has 94 valence electrons. The van der Waals surface area contributed by atoms with Gasteiger partial charge in [0.2, 0.25) is 5.91 Å². The van der Waals surface area contributed by atoms with Gasteiger partial charge in [0.15, 0.2) is 0 Å². The summed E-state index contributed by atoms with van der Waals surface area (Å²) in [6.07, 6.45) is 0. The van der Waals surface area contributed by atoms with Crippen LogP contribution >= 0.6 is 0 Å². The SMILES string of the molecule is CNC(C)(C)C(=O)N(C)Cc1cccc(F)c1. The van der Waals surface area contributed by atoms with E-state index in [2.05, 4.69) is 5.32 Å². The number of hydrogen-bond donors (Lipinski definition) is 1. The van der Waals surface area contributed by atoms with Gasteiger partial charge in [0.1, 0.15) is 5.82 Å². The molecule has 0 aromatic heterocycles. The minimum atomic E-state index is -0.609. The van der Waals surface area contributed by atoms with Crippen LogP contribution in [-0.2, 0) is 11.3 Å². The maximum atomic E-state index is 13.0. The van der Waals surface area contributed by atoms with Crippen LogP contribution in [0.5, 0.6) is 0 Å². The number of carbonyl (C=O) groups excluding carboxylic acids is 1. The van der Waals surface area contributed by atoms with Crippen LogP contribution in [0, 0.1) is 5.82 Å². The van der Waals surface area contributed by atoms with Crippen LogP contribution in [0.15, 0.2) is 24.3 Å². The number of likely N-dealkylation sites (N-methyl/N-ethyl adjacent to an activating group) is 2. The van der Waals surface area contributed by atoms with E-state index in [1.165, 1.54) is 12.1 Å². The van der Waals surface area contributed by atoms with Gasteiger partial charge in [-0.05, 0) is 38.6 Å². The number of nitrogens with one attached hydrogen (secondary N) is 1. The molecule has 0 radical (unpaired) electrons. The van der Waals surface area contributed by atoms with Crippen molar-refractivity contribution >= 4 is 5.91 Å². The molecule has 0 saturated carbocycles. The Balaban J connectivity index is 2.73. The molecular formula is C13H19FN2O. The topological polar surface area (TPSA) is 32.3 Å². The summed E-state index contributed by atoms with van der Waals surface area (Å²) in [7, 11) is 3.46. The summed E-state index contributed by atoms with van der Waals surface area (Å²) in [5.41, 5.74) is 0.176. The molecule has 1 rings (SSSR count). The number of carbonyl (C=O) groups is 1.